The summed E-state index contributed by atoms with van der Waals surface area (Å²) in [5.41, 5.74) is -0.209. The Labute approximate surface area is 85.8 Å². The zero-order valence-electron chi connectivity index (χ0n) is 9.55. The van der Waals surface area contributed by atoms with E-state index < -0.39 is 5.79 Å². The molecule has 0 radical (unpaired) electrons. The van der Waals surface area contributed by atoms with Gasteiger partial charge in [0.1, 0.15) is 5.78 Å². The first-order chi connectivity index (χ1) is 6.33. The van der Waals surface area contributed by atoms with Crippen LogP contribution in [0.15, 0.2) is 0 Å². The van der Waals surface area contributed by atoms with Crippen molar-refractivity contribution in [3.63, 3.8) is 0 Å². The third kappa shape index (κ3) is 3.39. The maximum atomic E-state index is 10.8. The first-order valence-corrected chi connectivity index (χ1v) is 5.17. The molecule has 1 rings (SSSR count). The minimum atomic E-state index is -0.467. The molecular formula is C11H20O3. The van der Waals surface area contributed by atoms with Gasteiger partial charge in [-0.25, -0.2) is 0 Å². The molecule has 3 heteroatoms. The Morgan fingerprint density at radius 3 is 2.43 bits per heavy atom. The predicted molar refractivity (Wildman–Crippen MR) is 54.1 cm³/mol. The van der Waals surface area contributed by atoms with Gasteiger partial charge in [0.05, 0.1) is 12.2 Å². The minimum absolute atomic E-state index is 0.209. The molecule has 0 aliphatic carbocycles. The SMILES string of the molecule is CC(=O)CCC[C@@]1(C)COC(C)(C)O1. The minimum Gasteiger partial charge on any atom is -0.348 e. The Morgan fingerprint density at radius 2 is 2.00 bits per heavy atom. The second-order valence-electron chi connectivity index (χ2n) is 4.80. The highest BCUT2D eigenvalue weighted by molar-refractivity contribution is 5.75. The van der Waals surface area contributed by atoms with Crippen LogP contribution in [0.5, 0.6) is 0 Å². The number of carbonyl (C=O) groups is 1. The Hall–Kier alpha value is -0.410. The first-order valence-electron chi connectivity index (χ1n) is 5.17. The maximum absolute atomic E-state index is 10.8. The summed E-state index contributed by atoms with van der Waals surface area (Å²) in [5.74, 6) is -0.225. The normalized spacial score (nSPS) is 30.6. The molecule has 0 bridgehead atoms. The van der Waals surface area contributed by atoms with E-state index in [9.17, 15) is 4.79 Å². The summed E-state index contributed by atoms with van der Waals surface area (Å²) in [4.78, 5) is 10.8. The van der Waals surface area contributed by atoms with Gasteiger partial charge in [-0.1, -0.05) is 0 Å². The summed E-state index contributed by atoms with van der Waals surface area (Å²) in [5, 5.41) is 0. The van der Waals surface area contributed by atoms with Crippen molar-refractivity contribution in [1.29, 1.82) is 0 Å². The lowest BCUT2D eigenvalue weighted by molar-refractivity contribution is -0.158. The van der Waals surface area contributed by atoms with Gasteiger partial charge in [0.2, 0.25) is 0 Å². The van der Waals surface area contributed by atoms with E-state index in [2.05, 4.69) is 0 Å². The van der Waals surface area contributed by atoms with E-state index >= 15 is 0 Å². The van der Waals surface area contributed by atoms with Gasteiger partial charge in [-0.2, -0.15) is 0 Å². The second-order valence-corrected chi connectivity index (χ2v) is 4.80. The molecule has 0 aromatic heterocycles. The Kier molecular flexibility index (Phi) is 3.32. The Balaban J connectivity index is 2.34. The van der Waals surface area contributed by atoms with E-state index in [4.69, 9.17) is 9.47 Å². The molecule has 0 unspecified atom stereocenters. The fraction of sp³-hybridized carbons (Fsp3) is 0.909. The number of rotatable bonds is 4. The van der Waals surface area contributed by atoms with E-state index in [0.717, 1.165) is 12.8 Å². The zero-order valence-corrected chi connectivity index (χ0v) is 9.55. The molecule has 0 amide bonds. The van der Waals surface area contributed by atoms with Gasteiger partial charge < -0.3 is 14.3 Å². The molecule has 1 saturated heterocycles. The standard InChI is InChI=1S/C11H20O3/c1-9(12)6-5-7-11(4)8-13-10(2,3)14-11/h5-8H2,1-4H3/t11-/m0/s1. The fourth-order valence-corrected chi connectivity index (χ4v) is 1.81. The topological polar surface area (TPSA) is 35.5 Å². The van der Waals surface area contributed by atoms with Crippen molar-refractivity contribution in [3.8, 4) is 0 Å². The molecule has 0 aromatic rings. The van der Waals surface area contributed by atoms with Crippen molar-refractivity contribution in [1.82, 2.24) is 0 Å². The smallest absolute Gasteiger partial charge is 0.163 e. The van der Waals surface area contributed by atoms with Crippen molar-refractivity contribution in [2.45, 2.75) is 58.3 Å². The second kappa shape index (κ2) is 3.99. The number of hydrogen-bond acceptors (Lipinski definition) is 3. The molecule has 14 heavy (non-hydrogen) atoms. The molecule has 0 aromatic carbocycles. The predicted octanol–water partition coefficient (Wildman–Crippen LogP) is 2.29. The molecule has 1 aliphatic rings. The Bertz CT molecular complexity index is 223. The van der Waals surface area contributed by atoms with Crippen molar-refractivity contribution < 1.29 is 14.3 Å². The highest BCUT2D eigenvalue weighted by Gasteiger charge is 2.41. The van der Waals surface area contributed by atoms with Gasteiger partial charge in [-0.05, 0) is 40.5 Å². The van der Waals surface area contributed by atoms with Gasteiger partial charge in [-0.3, -0.25) is 0 Å². The zero-order chi connectivity index (χ0) is 10.8. The molecule has 3 nitrogen and oxygen atoms in total. The van der Waals surface area contributed by atoms with Crippen molar-refractivity contribution >= 4 is 5.78 Å². The molecule has 0 N–H and O–H groups in total. The van der Waals surface area contributed by atoms with E-state index in [1.807, 2.05) is 20.8 Å². The number of hydrogen-bond donors (Lipinski definition) is 0. The molecule has 1 aliphatic heterocycles. The van der Waals surface area contributed by atoms with E-state index in [-0.39, 0.29) is 11.4 Å². The van der Waals surface area contributed by atoms with Crippen LogP contribution in [-0.4, -0.2) is 23.8 Å². The van der Waals surface area contributed by atoms with Crippen LogP contribution in [0.2, 0.25) is 0 Å². The highest BCUT2D eigenvalue weighted by atomic mass is 16.7. The van der Waals surface area contributed by atoms with Crippen LogP contribution in [0.1, 0.15) is 47.0 Å². The van der Waals surface area contributed by atoms with Crippen LogP contribution in [0.25, 0.3) is 0 Å². The first kappa shape index (κ1) is 11.7. The highest BCUT2D eigenvalue weighted by Crippen LogP contribution is 2.33. The van der Waals surface area contributed by atoms with Crippen LogP contribution in [0, 0.1) is 0 Å². The number of carbonyl (C=O) groups excluding carboxylic acids is 1. The fourth-order valence-electron chi connectivity index (χ4n) is 1.81. The quantitative estimate of drug-likeness (QED) is 0.698. The molecular weight excluding hydrogens is 180 g/mol. The van der Waals surface area contributed by atoms with E-state index in [1.54, 1.807) is 6.92 Å². The molecule has 0 saturated carbocycles. The molecule has 1 heterocycles. The molecule has 1 atom stereocenters. The monoisotopic (exact) mass is 200 g/mol. The van der Waals surface area contributed by atoms with E-state index in [0.29, 0.717) is 13.0 Å². The van der Waals surface area contributed by atoms with Crippen LogP contribution in [0.3, 0.4) is 0 Å². The third-order valence-corrected chi connectivity index (χ3v) is 2.45. The van der Waals surface area contributed by atoms with Gasteiger partial charge in [0.15, 0.2) is 5.79 Å². The van der Waals surface area contributed by atoms with Gasteiger partial charge in [-0.15, -0.1) is 0 Å². The summed E-state index contributed by atoms with van der Waals surface area (Å²) in [6, 6.07) is 0. The van der Waals surface area contributed by atoms with Crippen LogP contribution in [0.4, 0.5) is 0 Å². The third-order valence-electron chi connectivity index (χ3n) is 2.45. The molecule has 0 spiro atoms. The summed E-state index contributed by atoms with van der Waals surface area (Å²) in [7, 11) is 0. The summed E-state index contributed by atoms with van der Waals surface area (Å²) in [6.45, 7) is 8.13. The van der Waals surface area contributed by atoms with Crippen LogP contribution in [-0.2, 0) is 14.3 Å². The average molecular weight is 200 g/mol. The number of ether oxygens (including phenoxy) is 2. The lowest BCUT2D eigenvalue weighted by Crippen LogP contribution is -2.30. The number of Topliss-reactive ketones (excluding diaryl/α,β-unsaturated/α-hetero) is 1. The maximum Gasteiger partial charge on any atom is 0.163 e. The van der Waals surface area contributed by atoms with Crippen LogP contribution >= 0.6 is 0 Å². The van der Waals surface area contributed by atoms with Crippen molar-refractivity contribution in [3.05, 3.63) is 0 Å². The van der Waals surface area contributed by atoms with E-state index in [1.165, 1.54) is 0 Å². The van der Waals surface area contributed by atoms with Crippen molar-refractivity contribution in [2.75, 3.05) is 6.61 Å². The average Bonchev–Trinajstić information content (AvgIpc) is 2.25. The largest absolute Gasteiger partial charge is 0.348 e. The lowest BCUT2D eigenvalue weighted by atomic mass is 9.99. The molecule has 82 valence electrons. The summed E-state index contributed by atoms with van der Waals surface area (Å²) in [6.07, 6.45) is 2.40. The molecule has 1 fully saturated rings. The van der Waals surface area contributed by atoms with Gasteiger partial charge in [0.25, 0.3) is 0 Å². The van der Waals surface area contributed by atoms with Gasteiger partial charge in [0, 0.05) is 6.42 Å². The summed E-state index contributed by atoms with van der Waals surface area (Å²) >= 11 is 0. The lowest BCUT2D eigenvalue weighted by Gasteiger charge is -2.24. The number of ketones is 1. The van der Waals surface area contributed by atoms with Crippen molar-refractivity contribution in [2.24, 2.45) is 0 Å². The van der Waals surface area contributed by atoms with Gasteiger partial charge >= 0.3 is 0 Å². The Morgan fingerprint density at radius 1 is 1.36 bits per heavy atom. The van der Waals surface area contributed by atoms with Crippen LogP contribution < -0.4 is 0 Å². The summed E-state index contributed by atoms with van der Waals surface area (Å²) < 4.78 is 11.3.